The minimum absolute atomic E-state index is 0.147. The maximum absolute atomic E-state index is 12.9. The summed E-state index contributed by atoms with van der Waals surface area (Å²) in [5, 5.41) is 0. The average molecular weight is 701 g/mol. The fourth-order valence-electron chi connectivity index (χ4n) is 5.77. The van der Waals surface area contributed by atoms with Crippen molar-refractivity contribution in [3.63, 3.8) is 0 Å². The Hall–Kier alpha value is -2.44. The third-order valence-electron chi connectivity index (χ3n) is 9.10. The molecule has 280 valence electrons. The van der Waals surface area contributed by atoms with E-state index in [-0.39, 0.29) is 52.1 Å². The molecule has 0 bridgehead atoms. The first kappa shape index (κ1) is 39.3. The normalized spacial score (nSPS) is 20.4. The standard InChI is InChI=1S/C33H56N4O12/c38-29(1-5-34-9-17-42-18-10-34)46-25-33(26-47-30(39)2-6-35-11-19-43-20-12-35,27-48-31(40)3-7-36-13-21-44-22-14-36)28-49-32(41)4-8-37-15-23-45-24-16-37/h1-28H2. The molecule has 0 aromatic rings. The molecule has 0 amide bonds. The smallest absolute Gasteiger partial charge is 0.307 e. The predicted molar refractivity (Wildman–Crippen MR) is 174 cm³/mol. The van der Waals surface area contributed by atoms with Crippen molar-refractivity contribution in [2.75, 3.05) is 158 Å². The first-order valence-corrected chi connectivity index (χ1v) is 17.7. The molecule has 0 spiro atoms. The number of hydrogen-bond acceptors (Lipinski definition) is 16. The van der Waals surface area contributed by atoms with Crippen molar-refractivity contribution in [1.29, 1.82) is 0 Å². The van der Waals surface area contributed by atoms with E-state index >= 15 is 0 Å². The number of ether oxygens (including phenoxy) is 8. The molecule has 4 fully saturated rings. The Bertz CT molecular complexity index is 839. The number of carbonyl (C=O) groups is 4. The lowest BCUT2D eigenvalue weighted by molar-refractivity contribution is -0.171. The number of esters is 4. The molecule has 16 heteroatoms. The molecule has 4 aliphatic rings. The molecule has 0 unspecified atom stereocenters. The van der Waals surface area contributed by atoms with E-state index in [0.29, 0.717) is 79.0 Å². The molecule has 4 saturated heterocycles. The van der Waals surface area contributed by atoms with E-state index in [9.17, 15) is 19.2 Å². The Kier molecular flexibility index (Phi) is 18.0. The second kappa shape index (κ2) is 22.4. The average Bonchev–Trinajstić information content (AvgIpc) is 3.15. The molecule has 16 nitrogen and oxygen atoms in total. The van der Waals surface area contributed by atoms with E-state index in [4.69, 9.17) is 37.9 Å². The molecule has 0 aliphatic carbocycles. The monoisotopic (exact) mass is 700 g/mol. The van der Waals surface area contributed by atoms with Crippen molar-refractivity contribution in [1.82, 2.24) is 19.6 Å². The first-order valence-electron chi connectivity index (χ1n) is 17.7. The molecule has 0 atom stereocenters. The summed E-state index contributed by atoms with van der Waals surface area (Å²) in [6.07, 6.45) is 0.588. The van der Waals surface area contributed by atoms with Crippen LogP contribution in [0.1, 0.15) is 25.7 Å². The van der Waals surface area contributed by atoms with Crippen LogP contribution >= 0.6 is 0 Å². The molecule has 0 saturated carbocycles. The van der Waals surface area contributed by atoms with E-state index in [2.05, 4.69) is 19.6 Å². The third kappa shape index (κ3) is 16.0. The lowest BCUT2D eigenvalue weighted by Gasteiger charge is -2.32. The van der Waals surface area contributed by atoms with Gasteiger partial charge in [-0.05, 0) is 0 Å². The Balaban J connectivity index is 1.37. The fraction of sp³-hybridized carbons (Fsp3) is 0.879. The maximum Gasteiger partial charge on any atom is 0.307 e. The number of morpholine rings is 4. The van der Waals surface area contributed by atoms with Gasteiger partial charge >= 0.3 is 23.9 Å². The molecule has 4 aliphatic heterocycles. The van der Waals surface area contributed by atoms with E-state index < -0.39 is 29.3 Å². The van der Waals surface area contributed by atoms with E-state index in [1.54, 1.807) is 0 Å². The van der Waals surface area contributed by atoms with Crippen LogP contribution in [0, 0.1) is 5.41 Å². The molecule has 0 radical (unpaired) electrons. The van der Waals surface area contributed by atoms with Gasteiger partial charge in [0.2, 0.25) is 0 Å². The molecule has 0 N–H and O–H groups in total. The number of rotatable bonds is 20. The minimum Gasteiger partial charge on any atom is -0.465 e. The van der Waals surface area contributed by atoms with Crippen LogP contribution in [0.4, 0.5) is 0 Å². The Morgan fingerprint density at radius 1 is 0.388 bits per heavy atom. The van der Waals surface area contributed by atoms with Gasteiger partial charge < -0.3 is 37.9 Å². The van der Waals surface area contributed by atoms with Gasteiger partial charge in [-0.25, -0.2) is 0 Å². The van der Waals surface area contributed by atoms with E-state index in [1.165, 1.54) is 0 Å². The zero-order valence-corrected chi connectivity index (χ0v) is 29.0. The van der Waals surface area contributed by atoms with E-state index in [0.717, 1.165) is 52.4 Å². The second-order valence-corrected chi connectivity index (χ2v) is 13.0. The van der Waals surface area contributed by atoms with Gasteiger partial charge in [0.15, 0.2) is 0 Å². The Labute approximate surface area is 289 Å². The highest BCUT2D eigenvalue weighted by molar-refractivity contribution is 5.71. The summed E-state index contributed by atoms with van der Waals surface area (Å²) in [6, 6.07) is 0. The lowest BCUT2D eigenvalue weighted by atomic mass is 9.92. The van der Waals surface area contributed by atoms with Crippen LogP contribution in [0.3, 0.4) is 0 Å². The Morgan fingerprint density at radius 2 is 0.592 bits per heavy atom. The topological polar surface area (TPSA) is 155 Å². The summed E-state index contributed by atoms with van der Waals surface area (Å²) in [6.45, 7) is 11.8. The number of carbonyl (C=O) groups excluding carboxylic acids is 4. The van der Waals surface area contributed by atoms with Crippen molar-refractivity contribution in [2.45, 2.75) is 25.7 Å². The summed E-state index contributed by atoms with van der Waals surface area (Å²) >= 11 is 0. The zero-order valence-electron chi connectivity index (χ0n) is 29.0. The highest BCUT2D eigenvalue weighted by Crippen LogP contribution is 2.23. The first-order chi connectivity index (χ1) is 23.9. The van der Waals surface area contributed by atoms with E-state index in [1.807, 2.05) is 0 Å². The maximum atomic E-state index is 12.9. The summed E-state index contributed by atoms with van der Waals surface area (Å²) in [4.78, 5) is 60.2. The highest BCUT2D eigenvalue weighted by atomic mass is 16.6. The highest BCUT2D eigenvalue weighted by Gasteiger charge is 2.38. The van der Waals surface area contributed by atoms with Crippen LogP contribution in [0.2, 0.25) is 0 Å². The number of hydrogen-bond donors (Lipinski definition) is 0. The van der Waals surface area contributed by atoms with Gasteiger partial charge in [-0.3, -0.25) is 38.8 Å². The minimum atomic E-state index is -1.30. The summed E-state index contributed by atoms with van der Waals surface area (Å²) in [5.74, 6) is -1.81. The molecular formula is C33H56N4O12. The van der Waals surface area contributed by atoms with Crippen molar-refractivity contribution in [3.8, 4) is 0 Å². The quantitative estimate of drug-likeness (QED) is 0.113. The van der Waals surface area contributed by atoms with Crippen LogP contribution in [-0.4, -0.2) is 201 Å². The lowest BCUT2D eigenvalue weighted by Crippen LogP contribution is -2.45. The van der Waals surface area contributed by atoms with Gasteiger partial charge in [0.05, 0.1) is 78.5 Å². The molecule has 4 heterocycles. The van der Waals surface area contributed by atoms with Gasteiger partial charge in [0, 0.05) is 78.5 Å². The van der Waals surface area contributed by atoms with Crippen molar-refractivity contribution in [2.24, 2.45) is 5.41 Å². The van der Waals surface area contributed by atoms with Crippen molar-refractivity contribution >= 4 is 23.9 Å². The van der Waals surface area contributed by atoms with Crippen LogP contribution in [0.15, 0.2) is 0 Å². The summed E-state index contributed by atoms with van der Waals surface area (Å²) in [5.41, 5.74) is -1.30. The van der Waals surface area contributed by atoms with Gasteiger partial charge in [-0.15, -0.1) is 0 Å². The summed E-state index contributed by atoms with van der Waals surface area (Å²) < 4.78 is 44.4. The van der Waals surface area contributed by atoms with Crippen LogP contribution in [-0.2, 0) is 57.1 Å². The van der Waals surface area contributed by atoms with Crippen LogP contribution in [0.25, 0.3) is 0 Å². The molecule has 0 aromatic heterocycles. The summed E-state index contributed by atoms with van der Waals surface area (Å²) in [7, 11) is 0. The predicted octanol–water partition coefficient (Wildman–Crippen LogP) is -0.965. The Morgan fingerprint density at radius 3 is 0.796 bits per heavy atom. The number of nitrogens with zero attached hydrogens (tertiary/aromatic N) is 4. The molecule has 49 heavy (non-hydrogen) atoms. The molecular weight excluding hydrogens is 644 g/mol. The van der Waals surface area contributed by atoms with Gasteiger partial charge in [-0.1, -0.05) is 0 Å². The SMILES string of the molecule is O=C(CCN1CCOCC1)OCC(COC(=O)CCN1CCOCC1)(COC(=O)CCN1CCOCC1)COC(=O)CCN1CCOCC1. The van der Waals surface area contributed by atoms with Gasteiger partial charge in [0.1, 0.15) is 31.8 Å². The van der Waals surface area contributed by atoms with Crippen molar-refractivity contribution < 1.29 is 57.1 Å². The zero-order chi connectivity index (χ0) is 34.6. The van der Waals surface area contributed by atoms with Crippen LogP contribution in [0.5, 0.6) is 0 Å². The largest absolute Gasteiger partial charge is 0.465 e. The molecule has 4 rings (SSSR count). The molecule has 0 aromatic carbocycles. The van der Waals surface area contributed by atoms with Gasteiger partial charge in [0.25, 0.3) is 0 Å². The fourth-order valence-corrected chi connectivity index (χ4v) is 5.77. The van der Waals surface area contributed by atoms with Crippen LogP contribution < -0.4 is 0 Å². The second-order valence-electron chi connectivity index (χ2n) is 13.0. The van der Waals surface area contributed by atoms with Gasteiger partial charge in [-0.2, -0.15) is 0 Å². The third-order valence-corrected chi connectivity index (χ3v) is 9.10. The van der Waals surface area contributed by atoms with Crippen molar-refractivity contribution in [3.05, 3.63) is 0 Å².